The van der Waals surface area contributed by atoms with Crippen molar-refractivity contribution in [1.82, 2.24) is 9.97 Å². The first-order valence-corrected chi connectivity index (χ1v) is 7.27. The summed E-state index contributed by atoms with van der Waals surface area (Å²) in [6, 6.07) is 7.26. The van der Waals surface area contributed by atoms with Crippen molar-refractivity contribution in [2.75, 3.05) is 6.61 Å². The van der Waals surface area contributed by atoms with E-state index in [9.17, 15) is 8.78 Å². The van der Waals surface area contributed by atoms with E-state index in [4.69, 9.17) is 15.7 Å². The number of aliphatic imine (C=N–C) groups is 1. The zero-order valence-electron chi connectivity index (χ0n) is 13.4. The first kappa shape index (κ1) is 18.4. The van der Waals surface area contributed by atoms with E-state index in [1.54, 1.807) is 12.1 Å². The molecule has 25 heavy (non-hydrogen) atoms. The molecule has 0 saturated carbocycles. The third-order valence-electron chi connectivity index (χ3n) is 3.08. The molecule has 0 saturated heterocycles. The van der Waals surface area contributed by atoms with Gasteiger partial charge in [0.15, 0.2) is 0 Å². The molecule has 0 aliphatic carbocycles. The molecule has 0 unspecified atom stereocenters. The summed E-state index contributed by atoms with van der Waals surface area (Å²) in [6.07, 6.45) is 2.75. The molecule has 132 valence electrons. The van der Waals surface area contributed by atoms with Gasteiger partial charge in [0.2, 0.25) is 0 Å². The standard InChI is InChI=1S/C16H17F2N5O2/c1-16(17,18)11-3-2-4-12(7-11)21-8-14(23-19)10-25-15-20-6-5-13(9-24)22-15/h2-8,24H,9-10,19H2,1H3. The predicted molar refractivity (Wildman–Crippen MR) is 89.2 cm³/mol. The maximum absolute atomic E-state index is 13.3. The molecule has 7 nitrogen and oxygen atoms in total. The van der Waals surface area contributed by atoms with Gasteiger partial charge in [-0.1, -0.05) is 12.1 Å². The van der Waals surface area contributed by atoms with Gasteiger partial charge in [0.25, 0.3) is 5.92 Å². The van der Waals surface area contributed by atoms with Gasteiger partial charge < -0.3 is 15.7 Å². The Morgan fingerprint density at radius 1 is 1.40 bits per heavy atom. The highest BCUT2D eigenvalue weighted by molar-refractivity contribution is 6.31. The summed E-state index contributed by atoms with van der Waals surface area (Å²) in [5, 5.41) is 12.5. The summed E-state index contributed by atoms with van der Waals surface area (Å²) in [6.45, 7) is 0.506. The van der Waals surface area contributed by atoms with Gasteiger partial charge in [0, 0.05) is 18.7 Å². The van der Waals surface area contributed by atoms with Crippen LogP contribution >= 0.6 is 0 Å². The molecule has 0 fully saturated rings. The lowest BCUT2D eigenvalue weighted by molar-refractivity contribution is 0.0175. The molecule has 0 radical (unpaired) electrons. The Labute approximate surface area is 142 Å². The second-order valence-corrected chi connectivity index (χ2v) is 5.09. The Morgan fingerprint density at radius 2 is 2.20 bits per heavy atom. The number of rotatable bonds is 7. The van der Waals surface area contributed by atoms with E-state index in [2.05, 4.69) is 20.1 Å². The van der Waals surface area contributed by atoms with E-state index < -0.39 is 5.92 Å². The molecule has 1 aromatic carbocycles. The van der Waals surface area contributed by atoms with Crippen LogP contribution in [0.25, 0.3) is 0 Å². The minimum absolute atomic E-state index is 0.0497. The first-order chi connectivity index (χ1) is 11.9. The van der Waals surface area contributed by atoms with E-state index >= 15 is 0 Å². The molecule has 0 spiro atoms. The predicted octanol–water partition coefficient (Wildman–Crippen LogP) is 2.18. The minimum atomic E-state index is -2.95. The summed E-state index contributed by atoms with van der Waals surface area (Å²) in [4.78, 5) is 11.9. The molecule has 0 amide bonds. The van der Waals surface area contributed by atoms with Crippen LogP contribution in [-0.2, 0) is 12.5 Å². The number of hydrogen-bond acceptors (Lipinski definition) is 7. The highest BCUT2D eigenvalue weighted by Gasteiger charge is 2.23. The van der Waals surface area contributed by atoms with Crippen LogP contribution in [0.2, 0.25) is 0 Å². The zero-order valence-corrected chi connectivity index (χ0v) is 13.4. The van der Waals surface area contributed by atoms with Gasteiger partial charge in [-0.15, -0.1) is 0 Å². The number of alkyl halides is 2. The second-order valence-electron chi connectivity index (χ2n) is 5.09. The van der Waals surface area contributed by atoms with Crippen molar-refractivity contribution in [3.8, 4) is 6.01 Å². The third-order valence-corrected chi connectivity index (χ3v) is 3.08. The molecule has 0 aliphatic rings. The molecular formula is C16H17F2N5O2. The SMILES string of the molecule is CC(F)(F)c1cccc(N=CC(COc2nccc(CO)n2)=NN)c1. The molecule has 3 N–H and O–H groups in total. The Morgan fingerprint density at radius 3 is 2.88 bits per heavy atom. The monoisotopic (exact) mass is 349 g/mol. The normalized spacial score (nSPS) is 12.6. The number of hydrazone groups is 1. The van der Waals surface area contributed by atoms with E-state index in [0.717, 1.165) is 6.92 Å². The third kappa shape index (κ3) is 5.57. The van der Waals surface area contributed by atoms with Crippen molar-refractivity contribution >= 4 is 17.6 Å². The van der Waals surface area contributed by atoms with E-state index in [-0.39, 0.29) is 30.5 Å². The van der Waals surface area contributed by atoms with E-state index in [1.807, 2.05) is 0 Å². The molecule has 9 heteroatoms. The molecule has 1 aromatic heterocycles. The lowest BCUT2D eigenvalue weighted by Crippen LogP contribution is -2.16. The largest absolute Gasteiger partial charge is 0.457 e. The molecule has 2 aromatic rings. The quantitative estimate of drug-likeness (QED) is 0.453. The maximum atomic E-state index is 13.3. The molecule has 1 heterocycles. The van der Waals surface area contributed by atoms with Crippen LogP contribution < -0.4 is 10.6 Å². The number of nitrogens with zero attached hydrogens (tertiary/aromatic N) is 4. The fourth-order valence-corrected chi connectivity index (χ4v) is 1.79. The summed E-state index contributed by atoms with van der Waals surface area (Å²) >= 11 is 0. The Bertz CT molecular complexity index is 775. The fourth-order valence-electron chi connectivity index (χ4n) is 1.79. The van der Waals surface area contributed by atoms with Crippen molar-refractivity contribution in [3.05, 3.63) is 47.8 Å². The van der Waals surface area contributed by atoms with Gasteiger partial charge in [-0.05, 0) is 18.2 Å². The van der Waals surface area contributed by atoms with Gasteiger partial charge in [-0.25, -0.2) is 13.8 Å². The Balaban J connectivity index is 2.03. The average Bonchev–Trinajstić information content (AvgIpc) is 2.61. The number of aromatic nitrogens is 2. The van der Waals surface area contributed by atoms with Crippen molar-refractivity contribution in [1.29, 1.82) is 0 Å². The smallest absolute Gasteiger partial charge is 0.317 e. The zero-order chi connectivity index (χ0) is 18.3. The van der Waals surface area contributed by atoms with Gasteiger partial charge in [-0.2, -0.15) is 10.1 Å². The number of aliphatic hydroxyl groups excluding tert-OH is 1. The van der Waals surface area contributed by atoms with Gasteiger partial charge >= 0.3 is 6.01 Å². The van der Waals surface area contributed by atoms with Gasteiger partial charge in [0.05, 0.1) is 24.2 Å². The van der Waals surface area contributed by atoms with E-state index in [1.165, 1.54) is 30.6 Å². The Hall–Kier alpha value is -2.94. The topological polar surface area (TPSA) is 106 Å². The number of aliphatic hydroxyl groups is 1. The number of ether oxygens (including phenoxy) is 1. The number of halogens is 2. The van der Waals surface area contributed by atoms with Crippen molar-refractivity contribution < 1.29 is 18.6 Å². The molecule has 0 atom stereocenters. The van der Waals surface area contributed by atoms with E-state index in [0.29, 0.717) is 11.4 Å². The summed E-state index contributed by atoms with van der Waals surface area (Å²) < 4.78 is 32.0. The molecule has 0 bridgehead atoms. The van der Waals surface area contributed by atoms with Crippen LogP contribution in [0, 0.1) is 0 Å². The fraction of sp³-hybridized carbons (Fsp3) is 0.250. The van der Waals surface area contributed by atoms with Gasteiger partial charge in [-0.3, -0.25) is 4.99 Å². The number of hydrogen-bond donors (Lipinski definition) is 2. The van der Waals surface area contributed by atoms with Crippen LogP contribution in [0.5, 0.6) is 6.01 Å². The maximum Gasteiger partial charge on any atom is 0.317 e. The molecule has 0 aliphatic heterocycles. The number of benzene rings is 1. The van der Waals surface area contributed by atoms with Crippen molar-refractivity contribution in [2.24, 2.45) is 15.9 Å². The van der Waals surface area contributed by atoms with Crippen molar-refractivity contribution in [3.63, 3.8) is 0 Å². The highest BCUT2D eigenvalue weighted by Crippen LogP contribution is 2.29. The first-order valence-electron chi connectivity index (χ1n) is 7.27. The molecule has 2 rings (SSSR count). The van der Waals surface area contributed by atoms with Crippen LogP contribution in [0.3, 0.4) is 0 Å². The second kappa shape index (κ2) is 8.25. The van der Waals surface area contributed by atoms with Crippen LogP contribution in [0.1, 0.15) is 18.2 Å². The summed E-state index contributed by atoms with van der Waals surface area (Å²) in [5.41, 5.74) is 0.853. The van der Waals surface area contributed by atoms with Crippen LogP contribution in [0.15, 0.2) is 46.6 Å². The van der Waals surface area contributed by atoms with Crippen LogP contribution in [-0.4, -0.2) is 33.6 Å². The summed E-state index contributed by atoms with van der Waals surface area (Å²) in [5.74, 6) is 2.32. The lowest BCUT2D eigenvalue weighted by Gasteiger charge is -2.10. The van der Waals surface area contributed by atoms with Crippen molar-refractivity contribution in [2.45, 2.75) is 19.5 Å². The minimum Gasteiger partial charge on any atom is -0.457 e. The Kier molecular flexibility index (Phi) is 6.07. The summed E-state index contributed by atoms with van der Waals surface area (Å²) in [7, 11) is 0. The highest BCUT2D eigenvalue weighted by atomic mass is 19.3. The lowest BCUT2D eigenvalue weighted by atomic mass is 10.1. The van der Waals surface area contributed by atoms with Gasteiger partial charge in [0.1, 0.15) is 12.3 Å². The average molecular weight is 349 g/mol. The number of nitrogens with two attached hydrogens (primary N) is 1. The van der Waals surface area contributed by atoms with Crippen LogP contribution in [0.4, 0.5) is 14.5 Å². The molecular weight excluding hydrogens is 332 g/mol.